The van der Waals surface area contributed by atoms with E-state index in [0.29, 0.717) is 0 Å². The summed E-state index contributed by atoms with van der Waals surface area (Å²) in [5.74, 6) is 0.0510. The number of nitrogens with zero attached hydrogens (tertiary/aromatic N) is 1. The maximum Gasteiger partial charge on any atom is 0.246 e. The third-order valence-corrected chi connectivity index (χ3v) is 4.63. The first-order valence-corrected chi connectivity index (χ1v) is 8.67. The van der Waals surface area contributed by atoms with Gasteiger partial charge in [-0.1, -0.05) is 36.4 Å². The van der Waals surface area contributed by atoms with Gasteiger partial charge in [-0.25, -0.2) is 0 Å². The fourth-order valence-corrected chi connectivity index (χ4v) is 3.48. The van der Waals surface area contributed by atoms with Crippen molar-refractivity contribution >= 4 is 34.2 Å². The molecule has 1 aliphatic rings. The van der Waals surface area contributed by atoms with Crippen LogP contribution in [0.3, 0.4) is 0 Å². The Morgan fingerprint density at radius 2 is 1.77 bits per heavy atom. The summed E-state index contributed by atoms with van der Waals surface area (Å²) in [5, 5.41) is 3.07. The number of likely N-dealkylation sites (tertiary alicyclic amines) is 1. The molecular weight excluding hydrogens is 387 g/mol. The standard InChI is InChI=1S/C18H19IN2O/c19-15-9-6-10-16(13-15)20-18(22)17(21-11-4-5-12-21)14-7-2-1-3-8-14/h1-3,6-10,13,17H,4-5,11-12H2,(H,20,22). The van der Waals surface area contributed by atoms with Crippen molar-refractivity contribution in [3.05, 3.63) is 63.7 Å². The summed E-state index contributed by atoms with van der Waals surface area (Å²) in [6.07, 6.45) is 2.33. The van der Waals surface area contributed by atoms with Crippen LogP contribution >= 0.6 is 22.6 Å². The van der Waals surface area contributed by atoms with Crippen LogP contribution in [0.4, 0.5) is 5.69 Å². The molecule has 2 aromatic carbocycles. The molecule has 1 atom stereocenters. The second-order valence-electron chi connectivity index (χ2n) is 5.56. The zero-order valence-electron chi connectivity index (χ0n) is 12.3. The molecule has 4 heteroatoms. The molecular formula is C18H19IN2O. The van der Waals surface area contributed by atoms with Gasteiger partial charge in [-0.2, -0.15) is 0 Å². The van der Waals surface area contributed by atoms with Crippen molar-refractivity contribution in [2.45, 2.75) is 18.9 Å². The van der Waals surface area contributed by atoms with Gasteiger partial charge in [0.25, 0.3) is 0 Å². The molecule has 1 amide bonds. The summed E-state index contributed by atoms with van der Waals surface area (Å²) in [7, 11) is 0. The van der Waals surface area contributed by atoms with Gasteiger partial charge in [0.05, 0.1) is 0 Å². The number of carbonyl (C=O) groups excluding carboxylic acids is 1. The fraction of sp³-hybridized carbons (Fsp3) is 0.278. The number of rotatable bonds is 4. The molecule has 0 saturated carbocycles. The number of hydrogen-bond donors (Lipinski definition) is 1. The minimum absolute atomic E-state index is 0.0510. The smallest absolute Gasteiger partial charge is 0.246 e. The highest BCUT2D eigenvalue weighted by Gasteiger charge is 2.29. The van der Waals surface area contributed by atoms with E-state index in [9.17, 15) is 4.79 Å². The minimum atomic E-state index is -0.207. The SMILES string of the molecule is O=C(Nc1cccc(I)c1)C(c1ccccc1)N1CCCC1. The molecule has 0 radical (unpaired) electrons. The van der Waals surface area contributed by atoms with Gasteiger partial charge in [0.2, 0.25) is 5.91 Å². The summed E-state index contributed by atoms with van der Waals surface area (Å²) < 4.78 is 1.12. The third kappa shape index (κ3) is 3.67. The van der Waals surface area contributed by atoms with Crippen LogP contribution in [0.25, 0.3) is 0 Å². The Kier molecular flexibility index (Phi) is 5.10. The molecule has 1 heterocycles. The predicted molar refractivity (Wildman–Crippen MR) is 97.8 cm³/mol. The number of carbonyl (C=O) groups is 1. The topological polar surface area (TPSA) is 32.3 Å². The Balaban J connectivity index is 1.83. The molecule has 2 aromatic rings. The van der Waals surface area contributed by atoms with Crippen molar-refractivity contribution in [2.75, 3.05) is 18.4 Å². The van der Waals surface area contributed by atoms with Gasteiger partial charge in [0.1, 0.15) is 6.04 Å². The monoisotopic (exact) mass is 406 g/mol. The van der Waals surface area contributed by atoms with Crippen LogP contribution in [-0.4, -0.2) is 23.9 Å². The van der Waals surface area contributed by atoms with Crippen LogP contribution in [0.2, 0.25) is 0 Å². The molecule has 0 spiro atoms. The summed E-state index contributed by atoms with van der Waals surface area (Å²) >= 11 is 2.26. The number of halogens is 1. The zero-order valence-corrected chi connectivity index (χ0v) is 14.5. The van der Waals surface area contributed by atoms with Gasteiger partial charge < -0.3 is 5.32 Å². The van der Waals surface area contributed by atoms with Crippen molar-refractivity contribution in [3.8, 4) is 0 Å². The van der Waals surface area contributed by atoms with Gasteiger partial charge in [0, 0.05) is 9.26 Å². The highest BCUT2D eigenvalue weighted by Crippen LogP contribution is 2.26. The largest absolute Gasteiger partial charge is 0.324 e. The van der Waals surface area contributed by atoms with E-state index in [1.807, 2.05) is 54.6 Å². The minimum Gasteiger partial charge on any atom is -0.324 e. The normalized spacial score (nSPS) is 16.4. The van der Waals surface area contributed by atoms with Crippen LogP contribution in [0, 0.1) is 3.57 Å². The lowest BCUT2D eigenvalue weighted by Gasteiger charge is -2.27. The van der Waals surface area contributed by atoms with E-state index in [1.165, 1.54) is 12.8 Å². The second kappa shape index (κ2) is 7.24. The van der Waals surface area contributed by atoms with Gasteiger partial charge in [-0.3, -0.25) is 9.69 Å². The lowest BCUT2D eigenvalue weighted by atomic mass is 10.0. The first-order valence-electron chi connectivity index (χ1n) is 7.59. The first kappa shape index (κ1) is 15.5. The number of anilines is 1. The van der Waals surface area contributed by atoms with E-state index in [0.717, 1.165) is 27.9 Å². The van der Waals surface area contributed by atoms with Crippen LogP contribution < -0.4 is 5.32 Å². The van der Waals surface area contributed by atoms with Gasteiger partial charge in [-0.05, 0) is 72.3 Å². The molecule has 1 saturated heterocycles. The maximum absolute atomic E-state index is 12.9. The Hall–Kier alpha value is -1.40. The van der Waals surface area contributed by atoms with E-state index >= 15 is 0 Å². The first-order chi connectivity index (χ1) is 10.7. The summed E-state index contributed by atoms with van der Waals surface area (Å²) in [4.78, 5) is 15.1. The van der Waals surface area contributed by atoms with Gasteiger partial charge in [0.15, 0.2) is 0 Å². The highest BCUT2D eigenvalue weighted by atomic mass is 127. The molecule has 3 rings (SSSR count). The van der Waals surface area contributed by atoms with E-state index in [1.54, 1.807) is 0 Å². The number of nitrogens with one attached hydrogen (secondary N) is 1. The molecule has 3 nitrogen and oxygen atoms in total. The maximum atomic E-state index is 12.9. The molecule has 0 bridgehead atoms. The lowest BCUT2D eigenvalue weighted by Crippen LogP contribution is -2.35. The molecule has 1 aliphatic heterocycles. The Morgan fingerprint density at radius 3 is 2.45 bits per heavy atom. The number of hydrogen-bond acceptors (Lipinski definition) is 2. The van der Waals surface area contributed by atoms with Crippen molar-refractivity contribution < 1.29 is 4.79 Å². The highest BCUT2D eigenvalue weighted by molar-refractivity contribution is 14.1. The Morgan fingerprint density at radius 1 is 1.05 bits per heavy atom. The van der Waals surface area contributed by atoms with Gasteiger partial charge >= 0.3 is 0 Å². The van der Waals surface area contributed by atoms with Crippen LogP contribution in [0.1, 0.15) is 24.4 Å². The van der Waals surface area contributed by atoms with Gasteiger partial charge in [-0.15, -0.1) is 0 Å². The Labute approximate surface area is 144 Å². The molecule has 1 fully saturated rings. The summed E-state index contributed by atoms with van der Waals surface area (Å²) in [5.41, 5.74) is 1.92. The summed E-state index contributed by atoms with van der Waals surface area (Å²) in [6, 6.07) is 17.8. The molecule has 0 aromatic heterocycles. The van der Waals surface area contributed by atoms with E-state index in [2.05, 4.69) is 32.8 Å². The van der Waals surface area contributed by atoms with Crippen molar-refractivity contribution in [2.24, 2.45) is 0 Å². The molecule has 1 unspecified atom stereocenters. The molecule has 0 aliphatic carbocycles. The lowest BCUT2D eigenvalue weighted by molar-refractivity contribution is -0.121. The molecule has 22 heavy (non-hydrogen) atoms. The number of benzene rings is 2. The molecule has 114 valence electrons. The van der Waals surface area contributed by atoms with Crippen LogP contribution in [0.15, 0.2) is 54.6 Å². The fourth-order valence-electron chi connectivity index (χ4n) is 2.94. The Bertz CT molecular complexity index is 639. The predicted octanol–water partition coefficient (Wildman–Crippen LogP) is 4.07. The number of amides is 1. The van der Waals surface area contributed by atoms with E-state index in [4.69, 9.17) is 0 Å². The average molecular weight is 406 g/mol. The van der Waals surface area contributed by atoms with E-state index in [-0.39, 0.29) is 11.9 Å². The average Bonchev–Trinajstić information content (AvgIpc) is 3.02. The quantitative estimate of drug-likeness (QED) is 0.777. The molecule has 1 N–H and O–H groups in total. The third-order valence-electron chi connectivity index (χ3n) is 3.96. The summed E-state index contributed by atoms with van der Waals surface area (Å²) in [6.45, 7) is 1.97. The second-order valence-corrected chi connectivity index (χ2v) is 6.80. The van der Waals surface area contributed by atoms with Crippen molar-refractivity contribution in [3.63, 3.8) is 0 Å². The van der Waals surface area contributed by atoms with Crippen LogP contribution in [-0.2, 0) is 4.79 Å². The van der Waals surface area contributed by atoms with Crippen LogP contribution in [0.5, 0.6) is 0 Å². The van der Waals surface area contributed by atoms with Crippen molar-refractivity contribution in [1.29, 1.82) is 0 Å². The van der Waals surface area contributed by atoms with Crippen molar-refractivity contribution in [1.82, 2.24) is 4.90 Å². The zero-order chi connectivity index (χ0) is 15.4. The van der Waals surface area contributed by atoms with E-state index < -0.39 is 0 Å².